The zero-order valence-electron chi connectivity index (χ0n) is 14.2. The molecule has 132 valence electrons. The summed E-state index contributed by atoms with van der Waals surface area (Å²) in [5.41, 5.74) is 1.02. The fourth-order valence-electron chi connectivity index (χ4n) is 3.05. The molecule has 0 radical (unpaired) electrons. The van der Waals surface area contributed by atoms with Crippen LogP contribution in [0.25, 0.3) is 0 Å². The molecule has 2 aromatic carbocycles. The number of nitrogens with zero attached hydrogens (tertiary/aromatic N) is 1. The summed E-state index contributed by atoms with van der Waals surface area (Å²) in [6.45, 7) is 3.72. The Hall–Kier alpha value is -2.34. The third kappa shape index (κ3) is 4.20. The third-order valence-corrected chi connectivity index (χ3v) is 5.78. The fraction of sp³-hybridized carbons (Fsp3) is 0.316. The lowest BCUT2D eigenvalue weighted by Crippen LogP contribution is -2.39. The van der Waals surface area contributed by atoms with Gasteiger partial charge >= 0.3 is 0 Å². The molecule has 2 aromatic rings. The first-order valence-corrected chi connectivity index (χ1v) is 9.91. The molecule has 1 atom stereocenters. The van der Waals surface area contributed by atoms with Gasteiger partial charge in [0.05, 0.1) is 4.90 Å². The van der Waals surface area contributed by atoms with E-state index in [-0.39, 0.29) is 10.8 Å². The van der Waals surface area contributed by atoms with E-state index in [1.165, 1.54) is 12.1 Å². The van der Waals surface area contributed by atoms with Gasteiger partial charge in [-0.1, -0.05) is 25.1 Å². The Kier molecular flexibility index (Phi) is 5.08. The first kappa shape index (κ1) is 17.5. The lowest BCUT2D eigenvalue weighted by Gasteiger charge is -2.31. The topological polar surface area (TPSA) is 66.5 Å². The van der Waals surface area contributed by atoms with Crippen LogP contribution in [0, 0.1) is 5.92 Å². The van der Waals surface area contributed by atoms with Crippen molar-refractivity contribution in [3.05, 3.63) is 60.2 Å². The Labute approximate surface area is 148 Å². The van der Waals surface area contributed by atoms with Crippen LogP contribution >= 0.6 is 0 Å². The third-order valence-electron chi connectivity index (χ3n) is 4.38. The smallest absolute Gasteiger partial charge is 0.261 e. The Bertz CT molecular complexity index is 833. The molecule has 1 aliphatic heterocycles. The normalized spacial score (nSPS) is 18.0. The van der Waals surface area contributed by atoms with Gasteiger partial charge in [0.15, 0.2) is 0 Å². The molecule has 0 spiro atoms. The van der Waals surface area contributed by atoms with Crippen molar-refractivity contribution in [2.75, 3.05) is 17.8 Å². The molecule has 5 nitrogen and oxygen atoms in total. The monoisotopic (exact) mass is 358 g/mol. The molecule has 0 saturated carbocycles. The lowest BCUT2D eigenvalue weighted by molar-refractivity contribution is 0.0683. The van der Waals surface area contributed by atoms with Crippen LogP contribution in [0.15, 0.2) is 59.5 Å². The molecule has 0 aliphatic carbocycles. The minimum absolute atomic E-state index is 0.00372. The van der Waals surface area contributed by atoms with Crippen LogP contribution in [0.2, 0.25) is 0 Å². The number of piperidine rings is 1. The molecular weight excluding hydrogens is 336 g/mol. The molecule has 25 heavy (non-hydrogen) atoms. The van der Waals surface area contributed by atoms with Gasteiger partial charge < -0.3 is 4.90 Å². The van der Waals surface area contributed by atoms with Crippen molar-refractivity contribution in [2.24, 2.45) is 5.92 Å². The predicted octanol–water partition coefficient (Wildman–Crippen LogP) is 3.36. The van der Waals surface area contributed by atoms with Crippen LogP contribution in [-0.4, -0.2) is 32.3 Å². The molecule has 0 unspecified atom stereocenters. The zero-order valence-corrected chi connectivity index (χ0v) is 15.0. The fourth-order valence-corrected chi connectivity index (χ4v) is 4.13. The summed E-state index contributed by atoms with van der Waals surface area (Å²) >= 11 is 0. The van der Waals surface area contributed by atoms with Crippen molar-refractivity contribution in [1.82, 2.24) is 4.90 Å². The van der Waals surface area contributed by atoms with Gasteiger partial charge in [0, 0.05) is 24.3 Å². The summed E-state index contributed by atoms with van der Waals surface area (Å²) in [7, 11) is -3.62. The van der Waals surface area contributed by atoms with Crippen LogP contribution < -0.4 is 4.72 Å². The molecule has 1 aliphatic rings. The van der Waals surface area contributed by atoms with E-state index >= 15 is 0 Å². The van der Waals surface area contributed by atoms with Gasteiger partial charge in [-0.05, 0) is 55.2 Å². The highest BCUT2D eigenvalue weighted by Crippen LogP contribution is 2.20. The Morgan fingerprint density at radius 2 is 1.76 bits per heavy atom. The predicted molar refractivity (Wildman–Crippen MR) is 98.0 cm³/mol. The van der Waals surface area contributed by atoms with E-state index in [9.17, 15) is 13.2 Å². The zero-order chi connectivity index (χ0) is 17.9. The van der Waals surface area contributed by atoms with Crippen molar-refractivity contribution in [3.63, 3.8) is 0 Å². The average molecular weight is 358 g/mol. The number of anilines is 1. The maximum absolute atomic E-state index is 12.6. The van der Waals surface area contributed by atoms with Crippen LogP contribution in [0.1, 0.15) is 30.1 Å². The number of carbonyl (C=O) groups excluding carboxylic acids is 1. The van der Waals surface area contributed by atoms with Gasteiger partial charge in [0.25, 0.3) is 15.9 Å². The second-order valence-electron chi connectivity index (χ2n) is 6.49. The molecule has 3 rings (SSSR count). The summed E-state index contributed by atoms with van der Waals surface area (Å²) in [5.74, 6) is 0.527. The minimum atomic E-state index is -3.62. The van der Waals surface area contributed by atoms with Gasteiger partial charge in [0.1, 0.15) is 0 Å². The van der Waals surface area contributed by atoms with Crippen LogP contribution in [-0.2, 0) is 10.0 Å². The number of nitrogens with one attached hydrogen (secondary N) is 1. The summed E-state index contributed by atoms with van der Waals surface area (Å²) in [5, 5.41) is 0. The number of benzene rings is 2. The Morgan fingerprint density at radius 1 is 1.08 bits per heavy atom. The van der Waals surface area contributed by atoms with Crippen molar-refractivity contribution in [1.29, 1.82) is 0 Å². The SMILES string of the molecule is C[C@H]1CCCN(C(=O)c2ccc(NS(=O)(=O)c3ccccc3)cc2)C1. The van der Waals surface area contributed by atoms with Crippen LogP contribution in [0.5, 0.6) is 0 Å². The summed E-state index contributed by atoms with van der Waals surface area (Å²) in [4.78, 5) is 14.6. The standard InChI is InChI=1S/C19H22N2O3S/c1-15-6-5-13-21(14-15)19(22)16-9-11-17(12-10-16)20-25(23,24)18-7-3-2-4-8-18/h2-4,7-12,15,20H,5-6,13-14H2,1H3/t15-/m0/s1. The van der Waals surface area contributed by atoms with Crippen molar-refractivity contribution < 1.29 is 13.2 Å². The summed E-state index contributed by atoms with van der Waals surface area (Å²) in [6, 6.07) is 14.8. The highest BCUT2D eigenvalue weighted by molar-refractivity contribution is 7.92. The number of sulfonamides is 1. The average Bonchev–Trinajstić information content (AvgIpc) is 2.62. The van der Waals surface area contributed by atoms with Gasteiger partial charge in [-0.3, -0.25) is 9.52 Å². The number of likely N-dealkylation sites (tertiary alicyclic amines) is 1. The summed E-state index contributed by atoms with van der Waals surface area (Å²) in [6.07, 6.45) is 2.19. The van der Waals surface area contributed by atoms with Gasteiger partial charge in [-0.15, -0.1) is 0 Å². The number of amides is 1. The van der Waals surface area contributed by atoms with Crippen molar-refractivity contribution >= 4 is 21.6 Å². The molecule has 1 heterocycles. The minimum Gasteiger partial charge on any atom is -0.338 e. The van der Waals surface area contributed by atoms with Crippen molar-refractivity contribution in [3.8, 4) is 0 Å². The highest BCUT2D eigenvalue weighted by Gasteiger charge is 2.22. The lowest BCUT2D eigenvalue weighted by atomic mass is 9.99. The molecule has 1 fully saturated rings. The molecule has 0 aromatic heterocycles. The van der Waals surface area contributed by atoms with E-state index in [1.54, 1.807) is 42.5 Å². The highest BCUT2D eigenvalue weighted by atomic mass is 32.2. The molecule has 1 saturated heterocycles. The number of carbonyl (C=O) groups is 1. The first-order valence-electron chi connectivity index (χ1n) is 8.43. The van der Waals surface area contributed by atoms with E-state index in [4.69, 9.17) is 0 Å². The largest absolute Gasteiger partial charge is 0.338 e. The second kappa shape index (κ2) is 7.27. The quantitative estimate of drug-likeness (QED) is 0.911. The second-order valence-corrected chi connectivity index (χ2v) is 8.18. The molecule has 1 N–H and O–H groups in total. The van der Waals surface area contributed by atoms with Crippen molar-refractivity contribution in [2.45, 2.75) is 24.7 Å². The summed E-state index contributed by atoms with van der Waals surface area (Å²) < 4.78 is 27.2. The van der Waals surface area contributed by atoms with E-state index in [0.717, 1.165) is 25.9 Å². The Balaban J connectivity index is 1.71. The van der Waals surface area contributed by atoms with E-state index < -0.39 is 10.0 Å². The van der Waals surface area contributed by atoms with E-state index in [0.29, 0.717) is 17.2 Å². The maximum atomic E-state index is 12.6. The number of rotatable bonds is 4. The van der Waals surface area contributed by atoms with Gasteiger partial charge in [-0.25, -0.2) is 8.42 Å². The first-order chi connectivity index (χ1) is 12.0. The molecular formula is C19H22N2O3S. The molecule has 0 bridgehead atoms. The van der Waals surface area contributed by atoms with Gasteiger partial charge in [0.2, 0.25) is 0 Å². The number of hydrogen-bond donors (Lipinski definition) is 1. The van der Waals surface area contributed by atoms with Crippen LogP contribution in [0.3, 0.4) is 0 Å². The van der Waals surface area contributed by atoms with E-state index in [1.807, 2.05) is 4.90 Å². The Morgan fingerprint density at radius 3 is 2.40 bits per heavy atom. The molecule has 6 heteroatoms. The van der Waals surface area contributed by atoms with Gasteiger partial charge in [-0.2, -0.15) is 0 Å². The van der Waals surface area contributed by atoms with Crippen LogP contribution in [0.4, 0.5) is 5.69 Å². The number of hydrogen-bond acceptors (Lipinski definition) is 3. The maximum Gasteiger partial charge on any atom is 0.261 e. The van der Waals surface area contributed by atoms with E-state index in [2.05, 4.69) is 11.6 Å². The molecule has 1 amide bonds.